The van der Waals surface area contributed by atoms with Crippen LogP contribution in [0.15, 0.2) is 53.7 Å². The van der Waals surface area contributed by atoms with Gasteiger partial charge in [-0.2, -0.15) is 0 Å². The maximum absolute atomic E-state index is 12.9. The zero-order valence-electron chi connectivity index (χ0n) is 16.5. The Morgan fingerprint density at radius 1 is 1.13 bits per heavy atom. The predicted molar refractivity (Wildman–Crippen MR) is 114 cm³/mol. The lowest BCUT2D eigenvalue weighted by atomic mass is 10.2. The smallest absolute Gasteiger partial charge is 0.232 e. The number of fused-ring (bicyclic) bond motifs is 1. The lowest BCUT2D eigenvalue weighted by Gasteiger charge is -2.15. The van der Waals surface area contributed by atoms with Gasteiger partial charge in [-0.05, 0) is 48.9 Å². The fourth-order valence-electron chi connectivity index (χ4n) is 3.20. The van der Waals surface area contributed by atoms with Crippen molar-refractivity contribution in [3.8, 4) is 5.75 Å². The second-order valence-corrected chi connectivity index (χ2v) is 7.65. The lowest BCUT2D eigenvalue weighted by molar-refractivity contribution is -0.118. The monoisotopic (exact) mass is 427 g/mol. The van der Waals surface area contributed by atoms with Gasteiger partial charge in [-0.15, -0.1) is 10.2 Å². The Morgan fingerprint density at radius 3 is 2.63 bits per heavy atom. The molecular formula is C21H22FN5O2S. The molecule has 0 bridgehead atoms. The summed E-state index contributed by atoms with van der Waals surface area (Å²) in [4.78, 5) is 14.3. The summed E-state index contributed by atoms with van der Waals surface area (Å²) in [6, 6.07) is 14.0. The first-order valence-electron chi connectivity index (χ1n) is 9.71. The summed E-state index contributed by atoms with van der Waals surface area (Å²) in [6.45, 7) is 4.51. The van der Waals surface area contributed by atoms with Gasteiger partial charge in [0.05, 0.1) is 12.4 Å². The van der Waals surface area contributed by atoms with Gasteiger partial charge in [0.2, 0.25) is 11.9 Å². The molecule has 0 unspecified atom stereocenters. The van der Waals surface area contributed by atoms with Crippen molar-refractivity contribution in [1.29, 1.82) is 0 Å². The van der Waals surface area contributed by atoms with Gasteiger partial charge in [-0.1, -0.05) is 23.9 Å². The second kappa shape index (κ2) is 9.17. The number of hydrogen-bond acceptors (Lipinski definition) is 6. The Labute approximate surface area is 178 Å². The van der Waals surface area contributed by atoms with Gasteiger partial charge in [-0.3, -0.25) is 9.36 Å². The van der Waals surface area contributed by atoms with Gasteiger partial charge in [0.25, 0.3) is 0 Å². The van der Waals surface area contributed by atoms with Crippen LogP contribution in [0.2, 0.25) is 0 Å². The number of anilines is 2. The zero-order chi connectivity index (χ0) is 20.9. The standard InChI is InChI=1S/C21H22FN5O2S/c1-2-29-18-9-7-17(8-10-18)26-11-12-27-20(26)24-25-21(27)30-14-19(28)23-13-15-3-5-16(22)6-4-15/h3-10H,2,11-14H2,1H3,(H,23,28). The molecule has 2 aromatic carbocycles. The number of ether oxygens (including phenoxy) is 1. The molecule has 0 saturated heterocycles. The van der Waals surface area contributed by atoms with E-state index in [1.807, 2.05) is 35.8 Å². The van der Waals surface area contributed by atoms with E-state index in [-0.39, 0.29) is 17.5 Å². The Bertz CT molecular complexity index is 1010. The van der Waals surface area contributed by atoms with Crippen LogP contribution in [0.25, 0.3) is 0 Å². The molecule has 1 aliphatic rings. The van der Waals surface area contributed by atoms with Crippen LogP contribution >= 0.6 is 11.8 Å². The van der Waals surface area contributed by atoms with E-state index in [0.717, 1.165) is 41.2 Å². The van der Waals surface area contributed by atoms with Crippen molar-refractivity contribution >= 4 is 29.3 Å². The minimum absolute atomic E-state index is 0.108. The largest absolute Gasteiger partial charge is 0.494 e. The molecule has 0 aliphatic carbocycles. The average molecular weight is 428 g/mol. The van der Waals surface area contributed by atoms with Crippen LogP contribution in [0.1, 0.15) is 12.5 Å². The Kier molecular flexibility index (Phi) is 6.18. The van der Waals surface area contributed by atoms with Crippen LogP contribution in [0, 0.1) is 5.82 Å². The predicted octanol–water partition coefficient (Wildman–Crippen LogP) is 3.38. The third kappa shape index (κ3) is 4.56. The third-order valence-corrected chi connectivity index (χ3v) is 5.65. The number of benzene rings is 2. The minimum atomic E-state index is -0.291. The number of carbonyl (C=O) groups is 1. The number of hydrogen-bond donors (Lipinski definition) is 1. The Hall–Kier alpha value is -3.07. The number of aromatic nitrogens is 3. The van der Waals surface area contributed by atoms with Crippen LogP contribution in [0.5, 0.6) is 5.75 Å². The highest BCUT2D eigenvalue weighted by atomic mass is 32.2. The molecule has 1 aromatic heterocycles. The normalized spacial score (nSPS) is 12.7. The van der Waals surface area contributed by atoms with E-state index in [2.05, 4.69) is 20.4 Å². The average Bonchev–Trinajstić information content (AvgIpc) is 3.35. The summed E-state index contributed by atoms with van der Waals surface area (Å²) < 4.78 is 20.5. The summed E-state index contributed by atoms with van der Waals surface area (Å²) in [6.07, 6.45) is 0. The van der Waals surface area contributed by atoms with Crippen molar-refractivity contribution in [2.75, 3.05) is 23.8 Å². The van der Waals surface area contributed by atoms with E-state index >= 15 is 0 Å². The maximum Gasteiger partial charge on any atom is 0.232 e. The molecule has 156 valence electrons. The number of thioether (sulfide) groups is 1. The van der Waals surface area contributed by atoms with Crippen LogP contribution in [-0.2, 0) is 17.9 Å². The zero-order valence-corrected chi connectivity index (χ0v) is 17.4. The first-order chi connectivity index (χ1) is 14.6. The molecule has 0 spiro atoms. The molecule has 3 aromatic rings. The number of rotatable bonds is 8. The Balaban J connectivity index is 1.33. The van der Waals surface area contributed by atoms with Crippen molar-refractivity contribution < 1.29 is 13.9 Å². The third-order valence-electron chi connectivity index (χ3n) is 4.68. The van der Waals surface area contributed by atoms with Gasteiger partial charge >= 0.3 is 0 Å². The number of halogens is 1. The van der Waals surface area contributed by atoms with Crippen LogP contribution in [0.3, 0.4) is 0 Å². The second-order valence-electron chi connectivity index (χ2n) is 6.70. The van der Waals surface area contributed by atoms with E-state index in [1.165, 1.54) is 23.9 Å². The molecular weight excluding hydrogens is 405 g/mol. The number of nitrogens with zero attached hydrogens (tertiary/aromatic N) is 4. The van der Waals surface area contributed by atoms with Gasteiger partial charge < -0.3 is 15.0 Å². The van der Waals surface area contributed by atoms with Crippen molar-refractivity contribution in [1.82, 2.24) is 20.1 Å². The van der Waals surface area contributed by atoms with E-state index in [4.69, 9.17) is 4.74 Å². The van der Waals surface area contributed by atoms with Crippen LogP contribution in [0.4, 0.5) is 16.0 Å². The van der Waals surface area contributed by atoms with Crippen molar-refractivity contribution in [3.63, 3.8) is 0 Å². The van der Waals surface area contributed by atoms with Crippen molar-refractivity contribution in [2.45, 2.75) is 25.2 Å². The fraction of sp³-hybridized carbons (Fsp3) is 0.286. The van der Waals surface area contributed by atoms with E-state index < -0.39 is 0 Å². The van der Waals surface area contributed by atoms with Crippen LogP contribution in [-0.4, -0.2) is 39.6 Å². The first-order valence-corrected chi connectivity index (χ1v) is 10.7. The lowest BCUT2D eigenvalue weighted by Crippen LogP contribution is -2.24. The molecule has 2 heterocycles. The molecule has 0 radical (unpaired) electrons. The van der Waals surface area contributed by atoms with Gasteiger partial charge in [0.1, 0.15) is 11.6 Å². The quantitative estimate of drug-likeness (QED) is 0.556. The summed E-state index contributed by atoms with van der Waals surface area (Å²) in [5.41, 5.74) is 1.88. The summed E-state index contributed by atoms with van der Waals surface area (Å²) in [5.74, 6) is 1.45. The number of nitrogens with one attached hydrogen (secondary N) is 1. The molecule has 1 amide bonds. The van der Waals surface area contributed by atoms with E-state index in [9.17, 15) is 9.18 Å². The molecule has 0 atom stereocenters. The summed E-state index contributed by atoms with van der Waals surface area (Å²) in [7, 11) is 0. The highest BCUT2D eigenvalue weighted by Gasteiger charge is 2.26. The van der Waals surface area contributed by atoms with Gasteiger partial charge in [0.15, 0.2) is 5.16 Å². The first kappa shape index (κ1) is 20.2. The highest BCUT2D eigenvalue weighted by Crippen LogP contribution is 2.32. The Morgan fingerprint density at radius 2 is 1.90 bits per heavy atom. The van der Waals surface area contributed by atoms with E-state index in [0.29, 0.717) is 13.2 Å². The molecule has 0 fully saturated rings. The minimum Gasteiger partial charge on any atom is -0.494 e. The van der Waals surface area contributed by atoms with Crippen molar-refractivity contribution in [3.05, 3.63) is 59.9 Å². The van der Waals surface area contributed by atoms with Gasteiger partial charge in [0, 0.05) is 25.3 Å². The molecule has 1 aliphatic heterocycles. The molecule has 4 rings (SSSR count). The van der Waals surface area contributed by atoms with Crippen molar-refractivity contribution in [2.24, 2.45) is 0 Å². The summed E-state index contributed by atoms with van der Waals surface area (Å²) >= 11 is 1.36. The number of carbonyl (C=O) groups excluding carboxylic acids is 1. The molecule has 9 heteroatoms. The summed E-state index contributed by atoms with van der Waals surface area (Å²) in [5, 5.41) is 12.1. The van der Waals surface area contributed by atoms with Gasteiger partial charge in [-0.25, -0.2) is 4.39 Å². The fourth-order valence-corrected chi connectivity index (χ4v) is 3.99. The number of amides is 1. The maximum atomic E-state index is 12.9. The van der Waals surface area contributed by atoms with Crippen LogP contribution < -0.4 is 15.0 Å². The molecule has 1 N–H and O–H groups in total. The van der Waals surface area contributed by atoms with E-state index in [1.54, 1.807) is 12.1 Å². The molecule has 7 nitrogen and oxygen atoms in total. The highest BCUT2D eigenvalue weighted by molar-refractivity contribution is 7.99. The SMILES string of the molecule is CCOc1ccc(N2CCn3c(SCC(=O)NCc4ccc(F)cc4)nnc32)cc1. The molecule has 0 saturated carbocycles. The topological polar surface area (TPSA) is 72.3 Å². The molecule has 30 heavy (non-hydrogen) atoms.